The zero-order valence-corrected chi connectivity index (χ0v) is 18.7. The maximum Gasteiger partial charge on any atom is 0.254 e. The predicted octanol–water partition coefficient (Wildman–Crippen LogP) is 5.93. The van der Waals surface area contributed by atoms with Gasteiger partial charge in [-0.05, 0) is 52.6 Å². The summed E-state index contributed by atoms with van der Waals surface area (Å²) in [5, 5.41) is 3.23. The Morgan fingerprint density at radius 3 is 2.59 bits per heavy atom. The van der Waals surface area contributed by atoms with Crippen LogP contribution in [0.25, 0.3) is 21.7 Å². The largest absolute Gasteiger partial charge is 0.454 e. The summed E-state index contributed by atoms with van der Waals surface area (Å²) in [6.07, 6.45) is 2.80. The molecule has 0 saturated heterocycles. The van der Waals surface area contributed by atoms with Gasteiger partial charge in [0.1, 0.15) is 0 Å². The molecule has 2 heterocycles. The summed E-state index contributed by atoms with van der Waals surface area (Å²) in [6.45, 7) is 1.32. The molecule has 1 aromatic heterocycles. The van der Waals surface area contributed by atoms with E-state index >= 15 is 0 Å². The fraction of sp³-hybridized carbons (Fsp3) is 0.138. The summed E-state index contributed by atoms with van der Waals surface area (Å²) in [6, 6.07) is 28.1. The second-order valence-electron chi connectivity index (χ2n) is 8.55. The Kier molecular flexibility index (Phi) is 5.15. The van der Waals surface area contributed by atoms with E-state index in [0.717, 1.165) is 45.3 Å². The SMILES string of the molecule is O=C(c1cccc2ccccc12)N(CCc1c[nH]c2ccccc12)Cc1ccc2c(c1)OCO2. The number of hydrogen-bond acceptors (Lipinski definition) is 3. The first-order chi connectivity index (χ1) is 16.8. The molecule has 34 heavy (non-hydrogen) atoms. The van der Waals surface area contributed by atoms with Gasteiger partial charge in [-0.1, -0.05) is 60.7 Å². The number of carbonyl (C=O) groups excluding carboxylic acids is 1. The molecule has 0 radical (unpaired) electrons. The van der Waals surface area contributed by atoms with Crippen molar-refractivity contribution in [1.29, 1.82) is 0 Å². The van der Waals surface area contributed by atoms with Gasteiger partial charge in [-0.15, -0.1) is 0 Å². The highest BCUT2D eigenvalue weighted by Crippen LogP contribution is 2.33. The van der Waals surface area contributed by atoms with E-state index in [9.17, 15) is 4.79 Å². The average molecular weight is 449 g/mol. The first-order valence-electron chi connectivity index (χ1n) is 11.5. The van der Waals surface area contributed by atoms with Crippen molar-refractivity contribution in [3.05, 3.63) is 108 Å². The van der Waals surface area contributed by atoms with Gasteiger partial charge in [0.2, 0.25) is 6.79 Å². The van der Waals surface area contributed by atoms with Crippen LogP contribution in [0.5, 0.6) is 11.5 Å². The molecule has 5 nitrogen and oxygen atoms in total. The number of carbonyl (C=O) groups is 1. The Bertz CT molecular complexity index is 1500. The zero-order chi connectivity index (χ0) is 22.9. The normalized spacial score (nSPS) is 12.4. The maximum atomic E-state index is 13.9. The van der Waals surface area contributed by atoms with Gasteiger partial charge in [-0.3, -0.25) is 4.79 Å². The van der Waals surface area contributed by atoms with Crippen LogP contribution in [-0.4, -0.2) is 29.1 Å². The topological polar surface area (TPSA) is 54.6 Å². The van der Waals surface area contributed by atoms with Crippen LogP contribution in [0.4, 0.5) is 0 Å². The third-order valence-electron chi connectivity index (χ3n) is 6.44. The van der Waals surface area contributed by atoms with E-state index in [1.165, 1.54) is 10.9 Å². The Labute approximate surface area is 197 Å². The van der Waals surface area contributed by atoms with E-state index in [1.54, 1.807) is 0 Å². The van der Waals surface area contributed by atoms with Crippen LogP contribution < -0.4 is 9.47 Å². The van der Waals surface area contributed by atoms with E-state index in [4.69, 9.17) is 9.47 Å². The number of ether oxygens (including phenoxy) is 2. The molecule has 5 heteroatoms. The lowest BCUT2D eigenvalue weighted by atomic mass is 10.0. The second-order valence-corrected chi connectivity index (χ2v) is 8.55. The lowest BCUT2D eigenvalue weighted by Crippen LogP contribution is -2.32. The molecular weight excluding hydrogens is 424 g/mol. The van der Waals surface area contributed by atoms with Crippen LogP contribution >= 0.6 is 0 Å². The molecule has 0 spiro atoms. The van der Waals surface area contributed by atoms with Crippen molar-refractivity contribution in [2.24, 2.45) is 0 Å². The van der Waals surface area contributed by atoms with Crippen molar-refractivity contribution in [1.82, 2.24) is 9.88 Å². The smallest absolute Gasteiger partial charge is 0.254 e. The molecule has 0 saturated carbocycles. The summed E-state index contributed by atoms with van der Waals surface area (Å²) in [5.74, 6) is 1.50. The zero-order valence-electron chi connectivity index (χ0n) is 18.7. The molecule has 1 aliphatic rings. The third-order valence-corrected chi connectivity index (χ3v) is 6.44. The molecule has 0 aliphatic carbocycles. The summed E-state index contributed by atoms with van der Waals surface area (Å²) >= 11 is 0. The van der Waals surface area contributed by atoms with Crippen LogP contribution in [0.15, 0.2) is 91.1 Å². The highest BCUT2D eigenvalue weighted by Gasteiger charge is 2.21. The molecule has 0 fully saturated rings. The Hall–Kier alpha value is -4.25. The van der Waals surface area contributed by atoms with Crippen LogP contribution in [0.2, 0.25) is 0 Å². The summed E-state index contributed by atoms with van der Waals surface area (Å²) < 4.78 is 11.0. The van der Waals surface area contributed by atoms with Gasteiger partial charge < -0.3 is 19.4 Å². The predicted molar refractivity (Wildman–Crippen MR) is 133 cm³/mol. The molecule has 1 amide bonds. The summed E-state index contributed by atoms with van der Waals surface area (Å²) in [4.78, 5) is 19.2. The number of aromatic amines is 1. The summed E-state index contributed by atoms with van der Waals surface area (Å²) in [7, 11) is 0. The number of amides is 1. The first-order valence-corrected chi connectivity index (χ1v) is 11.5. The van der Waals surface area contributed by atoms with Crippen LogP contribution in [0.1, 0.15) is 21.5 Å². The molecule has 0 unspecified atom stereocenters. The molecule has 0 atom stereocenters. The van der Waals surface area contributed by atoms with Gasteiger partial charge in [0, 0.05) is 35.8 Å². The molecule has 6 rings (SSSR count). The van der Waals surface area contributed by atoms with Crippen molar-refractivity contribution in [3.8, 4) is 11.5 Å². The number of nitrogens with zero attached hydrogens (tertiary/aromatic N) is 1. The van der Waals surface area contributed by atoms with E-state index < -0.39 is 0 Å². The fourth-order valence-electron chi connectivity index (χ4n) is 4.69. The molecular formula is C29H24N2O3. The minimum absolute atomic E-state index is 0.0225. The van der Waals surface area contributed by atoms with Crippen molar-refractivity contribution in [3.63, 3.8) is 0 Å². The van der Waals surface area contributed by atoms with E-state index in [0.29, 0.717) is 13.1 Å². The number of benzene rings is 4. The highest BCUT2D eigenvalue weighted by atomic mass is 16.7. The number of rotatable bonds is 6. The van der Waals surface area contributed by atoms with Crippen LogP contribution in [0.3, 0.4) is 0 Å². The van der Waals surface area contributed by atoms with E-state index in [-0.39, 0.29) is 12.7 Å². The number of hydrogen-bond donors (Lipinski definition) is 1. The number of para-hydroxylation sites is 1. The van der Waals surface area contributed by atoms with E-state index in [1.807, 2.05) is 83.9 Å². The lowest BCUT2D eigenvalue weighted by molar-refractivity contribution is 0.0747. The molecule has 1 N–H and O–H groups in total. The van der Waals surface area contributed by atoms with Crippen molar-refractivity contribution < 1.29 is 14.3 Å². The van der Waals surface area contributed by atoms with Gasteiger partial charge in [-0.2, -0.15) is 0 Å². The molecule has 5 aromatic rings. The molecule has 168 valence electrons. The van der Waals surface area contributed by atoms with Gasteiger partial charge in [-0.25, -0.2) is 0 Å². The van der Waals surface area contributed by atoms with E-state index in [2.05, 4.69) is 17.1 Å². The quantitative estimate of drug-likeness (QED) is 0.350. The van der Waals surface area contributed by atoms with Crippen molar-refractivity contribution in [2.45, 2.75) is 13.0 Å². The Morgan fingerprint density at radius 2 is 1.65 bits per heavy atom. The van der Waals surface area contributed by atoms with Crippen molar-refractivity contribution in [2.75, 3.05) is 13.3 Å². The number of aromatic nitrogens is 1. The lowest BCUT2D eigenvalue weighted by Gasteiger charge is -2.24. The standard InChI is InChI=1S/C29H24N2O3/c32-29(25-10-5-7-21-6-1-2-8-23(21)25)31(18-20-12-13-27-28(16-20)34-19-33-27)15-14-22-17-30-26-11-4-3-9-24(22)26/h1-13,16-17,30H,14-15,18-19H2. The Morgan fingerprint density at radius 1 is 0.853 bits per heavy atom. The molecule has 1 aliphatic heterocycles. The minimum Gasteiger partial charge on any atom is -0.454 e. The average Bonchev–Trinajstić information content (AvgIpc) is 3.52. The highest BCUT2D eigenvalue weighted by molar-refractivity contribution is 6.07. The van der Waals surface area contributed by atoms with Gasteiger partial charge >= 0.3 is 0 Å². The summed E-state index contributed by atoms with van der Waals surface area (Å²) in [5.41, 5.74) is 4.05. The van der Waals surface area contributed by atoms with Crippen molar-refractivity contribution >= 4 is 27.6 Å². The molecule has 0 bridgehead atoms. The molecule has 4 aromatic carbocycles. The third kappa shape index (κ3) is 3.75. The second kappa shape index (κ2) is 8.60. The number of H-pyrrole nitrogens is 1. The monoisotopic (exact) mass is 448 g/mol. The fourth-order valence-corrected chi connectivity index (χ4v) is 4.69. The first kappa shape index (κ1) is 20.4. The van der Waals surface area contributed by atoms with Gasteiger partial charge in [0.25, 0.3) is 5.91 Å². The van der Waals surface area contributed by atoms with Crippen LogP contribution in [-0.2, 0) is 13.0 Å². The maximum absolute atomic E-state index is 13.9. The van der Waals surface area contributed by atoms with Gasteiger partial charge in [0.05, 0.1) is 0 Å². The Balaban J connectivity index is 1.33. The number of nitrogens with one attached hydrogen (secondary N) is 1. The van der Waals surface area contributed by atoms with Gasteiger partial charge in [0.15, 0.2) is 11.5 Å². The number of fused-ring (bicyclic) bond motifs is 3. The van der Waals surface area contributed by atoms with Crippen LogP contribution in [0, 0.1) is 0 Å². The minimum atomic E-state index is 0.0225.